The van der Waals surface area contributed by atoms with E-state index in [1.54, 1.807) is 19.1 Å². The van der Waals surface area contributed by atoms with Crippen molar-refractivity contribution in [3.63, 3.8) is 0 Å². The Morgan fingerprint density at radius 2 is 1.90 bits per heavy atom. The number of hydrogen-bond acceptors (Lipinski definition) is 2. The standard InChI is InChI=1S/C18H24FNO/c1-3-14-8-10-18(13-20,11-9-14)17(2,21)12-15-4-6-16(19)7-5-15/h4-7,14,21H,3,8-12H2,1-2H3. The fourth-order valence-corrected chi connectivity index (χ4v) is 3.52. The van der Waals surface area contributed by atoms with Crippen LogP contribution in [0.5, 0.6) is 0 Å². The molecular weight excluding hydrogens is 265 g/mol. The smallest absolute Gasteiger partial charge is 0.123 e. The van der Waals surface area contributed by atoms with Gasteiger partial charge in [-0.1, -0.05) is 25.5 Å². The van der Waals surface area contributed by atoms with Gasteiger partial charge in [-0.3, -0.25) is 0 Å². The average Bonchev–Trinajstić information content (AvgIpc) is 2.49. The van der Waals surface area contributed by atoms with E-state index in [0.717, 1.165) is 37.7 Å². The lowest BCUT2D eigenvalue weighted by molar-refractivity contribution is -0.0633. The maximum atomic E-state index is 13.0. The van der Waals surface area contributed by atoms with Gasteiger partial charge in [0.15, 0.2) is 0 Å². The Labute approximate surface area is 126 Å². The molecule has 21 heavy (non-hydrogen) atoms. The van der Waals surface area contributed by atoms with Crippen molar-refractivity contribution in [1.29, 1.82) is 5.26 Å². The van der Waals surface area contributed by atoms with E-state index in [1.807, 2.05) is 0 Å². The summed E-state index contributed by atoms with van der Waals surface area (Å²) in [5.74, 6) is 0.393. The Hall–Kier alpha value is -1.40. The largest absolute Gasteiger partial charge is 0.388 e. The molecule has 0 spiro atoms. The zero-order chi connectivity index (χ0) is 15.5. The van der Waals surface area contributed by atoms with Crippen LogP contribution in [-0.2, 0) is 6.42 Å². The highest BCUT2D eigenvalue weighted by Crippen LogP contribution is 2.47. The molecule has 0 bridgehead atoms. The highest BCUT2D eigenvalue weighted by Gasteiger charge is 2.49. The molecule has 0 radical (unpaired) electrons. The average molecular weight is 289 g/mol. The summed E-state index contributed by atoms with van der Waals surface area (Å²) in [6.07, 6.45) is 5.03. The number of benzene rings is 1. The van der Waals surface area contributed by atoms with Crippen LogP contribution in [0.15, 0.2) is 24.3 Å². The van der Waals surface area contributed by atoms with Crippen LogP contribution in [0.1, 0.15) is 51.5 Å². The molecule has 2 rings (SSSR count). The molecule has 1 atom stereocenters. The van der Waals surface area contributed by atoms with Crippen molar-refractivity contribution in [3.05, 3.63) is 35.6 Å². The summed E-state index contributed by atoms with van der Waals surface area (Å²) in [6.45, 7) is 3.94. The van der Waals surface area contributed by atoms with Gasteiger partial charge in [0.2, 0.25) is 0 Å². The Balaban J connectivity index is 2.16. The molecule has 0 amide bonds. The van der Waals surface area contributed by atoms with Gasteiger partial charge in [-0.25, -0.2) is 4.39 Å². The van der Waals surface area contributed by atoms with Gasteiger partial charge >= 0.3 is 0 Å². The van der Waals surface area contributed by atoms with Gasteiger partial charge in [-0.05, 0) is 56.2 Å². The van der Waals surface area contributed by atoms with E-state index in [-0.39, 0.29) is 5.82 Å². The highest BCUT2D eigenvalue weighted by atomic mass is 19.1. The molecule has 1 N–H and O–H groups in total. The van der Waals surface area contributed by atoms with Crippen LogP contribution in [-0.4, -0.2) is 10.7 Å². The highest BCUT2D eigenvalue weighted by molar-refractivity contribution is 5.22. The van der Waals surface area contributed by atoms with Crippen LogP contribution >= 0.6 is 0 Å². The predicted molar refractivity (Wildman–Crippen MR) is 81.0 cm³/mol. The summed E-state index contributed by atoms with van der Waals surface area (Å²) < 4.78 is 13.0. The molecule has 1 aromatic carbocycles. The van der Waals surface area contributed by atoms with Crippen molar-refractivity contribution in [3.8, 4) is 6.07 Å². The summed E-state index contributed by atoms with van der Waals surface area (Å²) >= 11 is 0. The molecule has 1 aromatic rings. The van der Waals surface area contributed by atoms with E-state index in [9.17, 15) is 14.8 Å². The normalized spacial score (nSPS) is 28.6. The number of halogens is 1. The van der Waals surface area contributed by atoms with Gasteiger partial charge in [-0.15, -0.1) is 0 Å². The summed E-state index contributed by atoms with van der Waals surface area (Å²) in [7, 11) is 0. The number of nitriles is 1. The molecule has 1 fully saturated rings. The summed E-state index contributed by atoms with van der Waals surface area (Å²) in [5, 5.41) is 20.6. The minimum Gasteiger partial charge on any atom is -0.388 e. The minimum absolute atomic E-state index is 0.281. The molecular formula is C18H24FNO. The van der Waals surface area contributed by atoms with Gasteiger partial charge < -0.3 is 5.11 Å². The zero-order valence-corrected chi connectivity index (χ0v) is 12.9. The predicted octanol–water partition coefficient (Wildman–Crippen LogP) is 4.23. The topological polar surface area (TPSA) is 44.0 Å². The molecule has 0 saturated heterocycles. The first-order valence-corrected chi connectivity index (χ1v) is 7.80. The van der Waals surface area contributed by atoms with Crippen molar-refractivity contribution in [1.82, 2.24) is 0 Å². The minimum atomic E-state index is -1.09. The monoisotopic (exact) mass is 289 g/mol. The number of rotatable bonds is 4. The zero-order valence-electron chi connectivity index (χ0n) is 12.9. The number of aliphatic hydroxyl groups is 1. The molecule has 0 aliphatic heterocycles. The van der Waals surface area contributed by atoms with Crippen LogP contribution < -0.4 is 0 Å². The molecule has 114 valence electrons. The van der Waals surface area contributed by atoms with Crippen LogP contribution in [0.2, 0.25) is 0 Å². The van der Waals surface area contributed by atoms with Crippen molar-refractivity contribution < 1.29 is 9.50 Å². The van der Waals surface area contributed by atoms with Gasteiger partial charge in [0.1, 0.15) is 5.82 Å². The van der Waals surface area contributed by atoms with E-state index in [4.69, 9.17) is 0 Å². The van der Waals surface area contributed by atoms with Crippen LogP contribution in [0.3, 0.4) is 0 Å². The summed E-state index contributed by atoms with van der Waals surface area (Å²) in [6, 6.07) is 8.59. The Morgan fingerprint density at radius 3 is 2.38 bits per heavy atom. The molecule has 1 saturated carbocycles. The lowest BCUT2D eigenvalue weighted by Gasteiger charge is -2.44. The van der Waals surface area contributed by atoms with E-state index in [2.05, 4.69) is 13.0 Å². The molecule has 1 aliphatic rings. The first-order chi connectivity index (χ1) is 9.92. The third-order valence-corrected chi connectivity index (χ3v) is 5.24. The van der Waals surface area contributed by atoms with Crippen LogP contribution in [0.4, 0.5) is 4.39 Å². The Morgan fingerprint density at radius 1 is 1.33 bits per heavy atom. The van der Waals surface area contributed by atoms with E-state index in [1.165, 1.54) is 12.1 Å². The molecule has 0 aromatic heterocycles. The second kappa shape index (κ2) is 6.15. The van der Waals surface area contributed by atoms with E-state index >= 15 is 0 Å². The fourth-order valence-electron chi connectivity index (χ4n) is 3.52. The first kappa shape index (κ1) is 16.0. The maximum absolute atomic E-state index is 13.0. The molecule has 2 nitrogen and oxygen atoms in total. The summed E-state index contributed by atoms with van der Waals surface area (Å²) in [4.78, 5) is 0. The van der Waals surface area contributed by atoms with E-state index in [0.29, 0.717) is 12.3 Å². The van der Waals surface area contributed by atoms with Crippen molar-refractivity contribution in [2.24, 2.45) is 11.3 Å². The van der Waals surface area contributed by atoms with Crippen molar-refractivity contribution >= 4 is 0 Å². The third kappa shape index (κ3) is 3.27. The first-order valence-electron chi connectivity index (χ1n) is 7.80. The van der Waals surface area contributed by atoms with Gasteiger partial charge in [0.25, 0.3) is 0 Å². The maximum Gasteiger partial charge on any atom is 0.123 e. The quantitative estimate of drug-likeness (QED) is 0.901. The number of hydrogen-bond donors (Lipinski definition) is 1. The van der Waals surface area contributed by atoms with Crippen molar-refractivity contribution in [2.45, 2.75) is 58.0 Å². The van der Waals surface area contributed by atoms with Crippen LogP contribution in [0, 0.1) is 28.5 Å². The molecule has 3 heteroatoms. The SMILES string of the molecule is CCC1CCC(C#N)(C(C)(O)Cc2ccc(F)cc2)CC1. The van der Waals surface area contributed by atoms with Gasteiger partial charge in [-0.2, -0.15) is 5.26 Å². The second-order valence-corrected chi connectivity index (χ2v) is 6.62. The van der Waals surface area contributed by atoms with Gasteiger partial charge in [0, 0.05) is 6.42 Å². The van der Waals surface area contributed by atoms with Crippen LogP contribution in [0.25, 0.3) is 0 Å². The van der Waals surface area contributed by atoms with Crippen molar-refractivity contribution in [2.75, 3.05) is 0 Å². The second-order valence-electron chi connectivity index (χ2n) is 6.62. The lowest BCUT2D eigenvalue weighted by atomic mass is 9.61. The molecule has 0 heterocycles. The lowest BCUT2D eigenvalue weighted by Crippen LogP contribution is -2.48. The van der Waals surface area contributed by atoms with E-state index < -0.39 is 11.0 Å². The molecule has 1 aliphatic carbocycles. The molecule has 1 unspecified atom stereocenters. The summed E-state index contributed by atoms with van der Waals surface area (Å²) in [5.41, 5.74) is -0.903. The fraction of sp³-hybridized carbons (Fsp3) is 0.611. The third-order valence-electron chi connectivity index (χ3n) is 5.24. The Kier molecular flexibility index (Phi) is 4.68. The van der Waals surface area contributed by atoms with Gasteiger partial charge in [0.05, 0.1) is 17.1 Å². The number of nitrogens with zero attached hydrogens (tertiary/aromatic N) is 1. The Bertz CT molecular complexity index is 507.